The summed E-state index contributed by atoms with van der Waals surface area (Å²) in [5.74, 6) is 2.47. The number of rotatable bonds is 6. The Hall–Kier alpha value is -1.45. The molecule has 0 aromatic carbocycles. The third-order valence-electron chi connectivity index (χ3n) is 2.79. The van der Waals surface area contributed by atoms with Gasteiger partial charge in [0.05, 0.1) is 12.8 Å². The summed E-state index contributed by atoms with van der Waals surface area (Å²) in [4.78, 5) is 4.21. The number of hydrogen-bond acceptors (Lipinski definition) is 2. The molecule has 0 fully saturated rings. The van der Waals surface area contributed by atoms with Crippen molar-refractivity contribution in [2.24, 2.45) is 10.9 Å². The van der Waals surface area contributed by atoms with Gasteiger partial charge in [0.1, 0.15) is 5.76 Å². The highest BCUT2D eigenvalue weighted by atomic mass is 16.3. The summed E-state index contributed by atoms with van der Waals surface area (Å²) in [6.45, 7) is 7.33. The van der Waals surface area contributed by atoms with Crippen LogP contribution in [0.3, 0.4) is 0 Å². The molecule has 1 aromatic rings. The predicted molar refractivity (Wildman–Crippen MR) is 75.6 cm³/mol. The van der Waals surface area contributed by atoms with Crippen molar-refractivity contribution in [1.82, 2.24) is 10.6 Å². The van der Waals surface area contributed by atoms with Crippen LogP contribution >= 0.6 is 0 Å². The fraction of sp³-hybridized carbons (Fsp3) is 0.643. The Labute approximate surface area is 110 Å². The maximum absolute atomic E-state index is 5.27. The van der Waals surface area contributed by atoms with Crippen molar-refractivity contribution >= 4 is 5.96 Å². The van der Waals surface area contributed by atoms with Crippen LogP contribution in [0.5, 0.6) is 0 Å². The van der Waals surface area contributed by atoms with Gasteiger partial charge in [-0.3, -0.25) is 4.99 Å². The molecule has 0 saturated heterocycles. The summed E-state index contributed by atoms with van der Waals surface area (Å²) in [6, 6.07) is 4.26. The summed E-state index contributed by atoms with van der Waals surface area (Å²) < 4.78 is 5.27. The molecule has 0 saturated carbocycles. The van der Waals surface area contributed by atoms with Crippen LogP contribution in [0, 0.1) is 5.92 Å². The van der Waals surface area contributed by atoms with Gasteiger partial charge in [0.25, 0.3) is 0 Å². The number of guanidine groups is 1. The molecule has 0 aliphatic heterocycles. The van der Waals surface area contributed by atoms with E-state index in [-0.39, 0.29) is 0 Å². The van der Waals surface area contributed by atoms with Crippen molar-refractivity contribution in [3.8, 4) is 0 Å². The maximum Gasteiger partial charge on any atom is 0.191 e. The first kappa shape index (κ1) is 14.6. The van der Waals surface area contributed by atoms with Crippen LogP contribution in [0.2, 0.25) is 0 Å². The van der Waals surface area contributed by atoms with Gasteiger partial charge in [-0.15, -0.1) is 0 Å². The van der Waals surface area contributed by atoms with Gasteiger partial charge in [-0.1, -0.05) is 13.8 Å². The van der Waals surface area contributed by atoms with E-state index in [0.717, 1.165) is 24.1 Å². The lowest BCUT2D eigenvalue weighted by atomic mass is 10.0. The molecule has 102 valence electrons. The van der Waals surface area contributed by atoms with Gasteiger partial charge in [0, 0.05) is 13.1 Å². The molecule has 0 aliphatic rings. The summed E-state index contributed by atoms with van der Waals surface area (Å²) >= 11 is 0. The van der Waals surface area contributed by atoms with Crippen molar-refractivity contribution in [1.29, 1.82) is 0 Å². The third kappa shape index (κ3) is 5.75. The standard InChI is InChI=1S/C14H25N3O/c1-11(2)7-8-12(3)17-14(15-4)16-10-13-6-5-9-18-13/h5-6,9,11-12H,7-8,10H2,1-4H3,(H2,15,16,17). The van der Waals surface area contributed by atoms with E-state index in [1.165, 1.54) is 6.42 Å². The summed E-state index contributed by atoms with van der Waals surface area (Å²) in [6.07, 6.45) is 4.06. The van der Waals surface area contributed by atoms with Crippen LogP contribution in [-0.2, 0) is 6.54 Å². The average Bonchev–Trinajstić information content (AvgIpc) is 2.84. The minimum atomic E-state index is 0.426. The van der Waals surface area contributed by atoms with Gasteiger partial charge in [-0.05, 0) is 37.8 Å². The largest absolute Gasteiger partial charge is 0.467 e. The molecule has 4 heteroatoms. The molecule has 0 aliphatic carbocycles. The third-order valence-corrected chi connectivity index (χ3v) is 2.79. The van der Waals surface area contributed by atoms with Crippen molar-refractivity contribution in [3.63, 3.8) is 0 Å². The van der Waals surface area contributed by atoms with Crippen LogP contribution in [0.15, 0.2) is 27.8 Å². The minimum Gasteiger partial charge on any atom is -0.467 e. The zero-order valence-electron chi connectivity index (χ0n) is 11.9. The molecule has 4 nitrogen and oxygen atoms in total. The van der Waals surface area contributed by atoms with Crippen LogP contribution in [-0.4, -0.2) is 19.0 Å². The van der Waals surface area contributed by atoms with E-state index in [1.54, 1.807) is 13.3 Å². The topological polar surface area (TPSA) is 49.6 Å². The Kier molecular flexibility index (Phi) is 6.33. The van der Waals surface area contributed by atoms with E-state index in [1.807, 2.05) is 12.1 Å². The quantitative estimate of drug-likeness (QED) is 0.604. The molecular weight excluding hydrogens is 226 g/mol. The van der Waals surface area contributed by atoms with E-state index in [4.69, 9.17) is 4.42 Å². The summed E-state index contributed by atoms with van der Waals surface area (Å²) in [7, 11) is 1.78. The number of nitrogens with one attached hydrogen (secondary N) is 2. The Morgan fingerprint density at radius 1 is 1.33 bits per heavy atom. The van der Waals surface area contributed by atoms with Crippen molar-refractivity contribution in [2.45, 2.75) is 46.2 Å². The number of furan rings is 1. The van der Waals surface area contributed by atoms with Crippen molar-refractivity contribution in [3.05, 3.63) is 24.2 Å². The zero-order valence-corrected chi connectivity index (χ0v) is 11.9. The van der Waals surface area contributed by atoms with E-state index < -0.39 is 0 Å². The Morgan fingerprint density at radius 3 is 2.67 bits per heavy atom. The molecule has 1 aromatic heterocycles. The van der Waals surface area contributed by atoms with E-state index in [2.05, 4.69) is 36.4 Å². The number of hydrogen-bond donors (Lipinski definition) is 2. The van der Waals surface area contributed by atoms with Gasteiger partial charge >= 0.3 is 0 Å². The first-order valence-electron chi connectivity index (χ1n) is 6.61. The second-order valence-electron chi connectivity index (χ2n) is 5.02. The van der Waals surface area contributed by atoms with Crippen molar-refractivity contribution in [2.75, 3.05) is 7.05 Å². The fourth-order valence-corrected chi connectivity index (χ4v) is 1.67. The molecule has 2 N–H and O–H groups in total. The minimum absolute atomic E-state index is 0.426. The van der Waals surface area contributed by atoms with E-state index in [9.17, 15) is 0 Å². The Morgan fingerprint density at radius 2 is 2.11 bits per heavy atom. The van der Waals surface area contributed by atoms with Gasteiger partial charge in [-0.25, -0.2) is 0 Å². The summed E-state index contributed by atoms with van der Waals surface area (Å²) in [5.41, 5.74) is 0. The van der Waals surface area contributed by atoms with Crippen LogP contribution < -0.4 is 10.6 Å². The first-order chi connectivity index (χ1) is 8.61. The van der Waals surface area contributed by atoms with Gasteiger partial charge in [0.15, 0.2) is 5.96 Å². The van der Waals surface area contributed by atoms with E-state index >= 15 is 0 Å². The molecular formula is C14H25N3O. The highest BCUT2D eigenvalue weighted by Crippen LogP contribution is 2.06. The normalized spacial score (nSPS) is 13.7. The van der Waals surface area contributed by atoms with Crippen LogP contribution in [0.25, 0.3) is 0 Å². The number of aliphatic imine (C=N–C) groups is 1. The first-order valence-corrected chi connectivity index (χ1v) is 6.61. The SMILES string of the molecule is CN=C(NCc1ccco1)NC(C)CCC(C)C. The highest BCUT2D eigenvalue weighted by molar-refractivity contribution is 5.79. The van der Waals surface area contributed by atoms with Crippen LogP contribution in [0.1, 0.15) is 39.4 Å². The monoisotopic (exact) mass is 251 g/mol. The molecule has 1 heterocycles. The second-order valence-corrected chi connectivity index (χ2v) is 5.02. The van der Waals surface area contributed by atoms with Crippen molar-refractivity contribution < 1.29 is 4.42 Å². The maximum atomic E-state index is 5.27. The molecule has 0 bridgehead atoms. The molecule has 1 unspecified atom stereocenters. The molecule has 0 radical (unpaired) electrons. The van der Waals surface area contributed by atoms with Crippen LogP contribution in [0.4, 0.5) is 0 Å². The summed E-state index contributed by atoms with van der Waals surface area (Å²) in [5, 5.41) is 6.62. The lowest BCUT2D eigenvalue weighted by molar-refractivity contribution is 0.482. The van der Waals surface area contributed by atoms with Gasteiger partial charge < -0.3 is 15.1 Å². The molecule has 0 amide bonds. The second kappa shape index (κ2) is 7.80. The smallest absolute Gasteiger partial charge is 0.191 e. The van der Waals surface area contributed by atoms with E-state index in [0.29, 0.717) is 12.6 Å². The average molecular weight is 251 g/mol. The molecule has 18 heavy (non-hydrogen) atoms. The van der Waals surface area contributed by atoms with Gasteiger partial charge in [0.2, 0.25) is 0 Å². The Balaban J connectivity index is 2.29. The lowest BCUT2D eigenvalue weighted by Gasteiger charge is -2.18. The lowest BCUT2D eigenvalue weighted by Crippen LogP contribution is -2.41. The molecule has 1 atom stereocenters. The Bertz CT molecular complexity index is 344. The molecule has 0 spiro atoms. The highest BCUT2D eigenvalue weighted by Gasteiger charge is 2.06. The zero-order chi connectivity index (χ0) is 13.4. The number of nitrogens with zero attached hydrogens (tertiary/aromatic N) is 1. The predicted octanol–water partition coefficient (Wildman–Crippen LogP) is 2.77. The fourth-order valence-electron chi connectivity index (χ4n) is 1.67. The molecule has 1 rings (SSSR count). The van der Waals surface area contributed by atoms with Gasteiger partial charge in [-0.2, -0.15) is 0 Å².